The number of aromatic nitrogens is 3. The van der Waals surface area contributed by atoms with Crippen molar-refractivity contribution >= 4 is 34.1 Å². The van der Waals surface area contributed by atoms with E-state index in [4.69, 9.17) is 5.73 Å². The van der Waals surface area contributed by atoms with E-state index >= 15 is 0 Å². The van der Waals surface area contributed by atoms with E-state index in [1.165, 1.54) is 5.56 Å². The summed E-state index contributed by atoms with van der Waals surface area (Å²) in [7, 11) is 0. The summed E-state index contributed by atoms with van der Waals surface area (Å²) in [5.74, 6) is 0.486. The van der Waals surface area contributed by atoms with E-state index < -0.39 is 0 Å². The molecule has 1 aromatic carbocycles. The molecule has 6 heteroatoms. The Balaban J connectivity index is 0.00000133. The molecule has 98 valence electrons. The summed E-state index contributed by atoms with van der Waals surface area (Å²) in [6.07, 6.45) is 1.58. The Kier molecular flexibility index (Phi) is 4.01. The molecule has 0 bridgehead atoms. The predicted molar refractivity (Wildman–Crippen MR) is 84.6 cm³/mol. The van der Waals surface area contributed by atoms with Crippen LogP contribution in [0.3, 0.4) is 0 Å². The number of thiazole rings is 1. The van der Waals surface area contributed by atoms with Crippen LogP contribution in [0.4, 0.5) is 5.82 Å². The van der Waals surface area contributed by atoms with Crippen LogP contribution in [0.1, 0.15) is 5.56 Å². The zero-order valence-electron chi connectivity index (χ0n) is 10.3. The molecule has 19 heavy (non-hydrogen) atoms. The van der Waals surface area contributed by atoms with E-state index in [9.17, 15) is 0 Å². The second-order valence-corrected chi connectivity index (χ2v) is 4.92. The maximum Gasteiger partial charge on any atom is 0.152 e. The van der Waals surface area contributed by atoms with Gasteiger partial charge in [-0.05, 0) is 6.92 Å². The van der Waals surface area contributed by atoms with Gasteiger partial charge in [0.05, 0.1) is 12.0 Å². The van der Waals surface area contributed by atoms with Crippen molar-refractivity contribution in [3.63, 3.8) is 0 Å². The molecule has 0 fully saturated rings. The fourth-order valence-corrected chi connectivity index (χ4v) is 2.57. The van der Waals surface area contributed by atoms with Gasteiger partial charge in [-0.3, -0.25) is 0 Å². The zero-order valence-corrected chi connectivity index (χ0v) is 12.8. The number of anilines is 1. The number of aryl methyl sites for hydroxylation is 1. The van der Waals surface area contributed by atoms with E-state index in [-0.39, 0.29) is 17.0 Å². The van der Waals surface area contributed by atoms with Crippen molar-refractivity contribution < 1.29 is 0 Å². The summed E-state index contributed by atoms with van der Waals surface area (Å²) in [5.41, 5.74) is 9.87. The molecule has 0 unspecified atom stereocenters. The van der Waals surface area contributed by atoms with Crippen LogP contribution in [0, 0.1) is 6.92 Å². The highest BCUT2D eigenvalue weighted by Gasteiger charge is 2.10. The standard InChI is InChI=1S/C13H12N4S.BrH/c1-8-2-4-9(5-3-8)10-6-18-13(17-10)11-12(14)16-7-15-11;/h2-7H,14H2,1H3,(H,15,16);1H. The summed E-state index contributed by atoms with van der Waals surface area (Å²) >= 11 is 1.56. The van der Waals surface area contributed by atoms with Crippen molar-refractivity contribution in [2.45, 2.75) is 6.92 Å². The highest BCUT2D eigenvalue weighted by atomic mass is 79.9. The molecule has 3 N–H and O–H groups in total. The van der Waals surface area contributed by atoms with Gasteiger partial charge in [0.15, 0.2) is 5.82 Å². The van der Waals surface area contributed by atoms with E-state index in [0.717, 1.165) is 22.0 Å². The number of halogens is 1. The Morgan fingerprint density at radius 3 is 2.58 bits per heavy atom. The van der Waals surface area contributed by atoms with Gasteiger partial charge in [0.1, 0.15) is 10.7 Å². The summed E-state index contributed by atoms with van der Waals surface area (Å²) in [6, 6.07) is 8.31. The first-order chi connectivity index (χ1) is 8.74. The van der Waals surface area contributed by atoms with Crippen molar-refractivity contribution in [3.05, 3.63) is 41.5 Å². The second kappa shape index (κ2) is 5.54. The predicted octanol–water partition coefficient (Wildman–Crippen LogP) is 3.67. The Morgan fingerprint density at radius 1 is 1.21 bits per heavy atom. The van der Waals surface area contributed by atoms with Gasteiger partial charge in [-0.15, -0.1) is 28.3 Å². The monoisotopic (exact) mass is 336 g/mol. The third kappa shape index (κ3) is 2.69. The van der Waals surface area contributed by atoms with Gasteiger partial charge in [0.2, 0.25) is 0 Å². The third-order valence-corrected chi connectivity index (χ3v) is 3.59. The smallest absolute Gasteiger partial charge is 0.152 e. The van der Waals surface area contributed by atoms with Crippen LogP contribution >= 0.6 is 28.3 Å². The minimum atomic E-state index is 0. The number of nitrogens with two attached hydrogens (primary N) is 1. The van der Waals surface area contributed by atoms with Gasteiger partial charge in [-0.1, -0.05) is 29.8 Å². The van der Waals surface area contributed by atoms with Gasteiger partial charge in [-0.2, -0.15) is 0 Å². The van der Waals surface area contributed by atoms with E-state index in [1.54, 1.807) is 17.7 Å². The van der Waals surface area contributed by atoms with Gasteiger partial charge < -0.3 is 10.7 Å². The zero-order chi connectivity index (χ0) is 12.5. The van der Waals surface area contributed by atoms with Gasteiger partial charge in [0.25, 0.3) is 0 Å². The average Bonchev–Trinajstić information content (AvgIpc) is 2.98. The number of nitrogens with one attached hydrogen (secondary N) is 1. The molecule has 3 rings (SSSR count). The number of imidazole rings is 1. The number of benzene rings is 1. The number of nitrogens with zero attached hydrogens (tertiary/aromatic N) is 2. The molecule has 0 amide bonds. The molecule has 0 saturated heterocycles. The molecular weight excluding hydrogens is 324 g/mol. The summed E-state index contributed by atoms with van der Waals surface area (Å²) in [4.78, 5) is 11.6. The number of nitrogen functional groups attached to an aromatic ring is 1. The third-order valence-electron chi connectivity index (χ3n) is 2.73. The van der Waals surface area contributed by atoms with Gasteiger partial charge >= 0.3 is 0 Å². The highest BCUT2D eigenvalue weighted by Crippen LogP contribution is 2.30. The van der Waals surface area contributed by atoms with E-state index in [1.807, 2.05) is 5.38 Å². The lowest BCUT2D eigenvalue weighted by Crippen LogP contribution is -1.88. The van der Waals surface area contributed by atoms with Gasteiger partial charge in [0, 0.05) is 10.9 Å². The SMILES string of the molecule is Br.Cc1ccc(-c2csc(-c3[nH]cnc3N)n2)cc1. The Hall–Kier alpha value is -1.66. The number of rotatable bonds is 2. The Bertz CT molecular complexity index is 672. The number of aromatic amines is 1. The van der Waals surface area contributed by atoms with Gasteiger partial charge in [-0.25, -0.2) is 9.97 Å². The number of hydrogen-bond acceptors (Lipinski definition) is 4. The maximum absolute atomic E-state index is 5.76. The molecule has 0 saturated carbocycles. The topological polar surface area (TPSA) is 67.6 Å². The Morgan fingerprint density at radius 2 is 1.95 bits per heavy atom. The molecule has 3 aromatic rings. The Labute approximate surface area is 125 Å². The lowest BCUT2D eigenvalue weighted by molar-refractivity contribution is 1.30. The van der Waals surface area contributed by atoms with E-state index in [0.29, 0.717) is 5.82 Å². The van der Waals surface area contributed by atoms with Crippen molar-refractivity contribution in [1.82, 2.24) is 15.0 Å². The maximum atomic E-state index is 5.76. The summed E-state index contributed by atoms with van der Waals surface area (Å²) < 4.78 is 0. The minimum absolute atomic E-state index is 0. The van der Waals surface area contributed by atoms with Crippen LogP contribution in [0.15, 0.2) is 36.0 Å². The quantitative estimate of drug-likeness (QED) is 0.750. The van der Waals surface area contributed by atoms with Crippen molar-refractivity contribution in [2.75, 3.05) is 5.73 Å². The summed E-state index contributed by atoms with van der Waals surface area (Å²) in [5, 5.41) is 2.89. The largest absolute Gasteiger partial charge is 0.382 e. The molecule has 0 aliphatic carbocycles. The normalized spacial score (nSPS) is 10.2. The number of hydrogen-bond donors (Lipinski definition) is 2. The fraction of sp³-hybridized carbons (Fsp3) is 0.0769. The lowest BCUT2D eigenvalue weighted by Gasteiger charge is -1.97. The molecule has 0 atom stereocenters. The minimum Gasteiger partial charge on any atom is -0.382 e. The average molecular weight is 337 g/mol. The molecule has 0 spiro atoms. The molecular formula is C13H13BrN4S. The molecule has 0 aliphatic rings. The van der Waals surface area contributed by atoms with Crippen molar-refractivity contribution in [2.24, 2.45) is 0 Å². The fourth-order valence-electron chi connectivity index (χ4n) is 1.72. The molecule has 4 nitrogen and oxygen atoms in total. The molecule has 2 heterocycles. The first-order valence-corrected chi connectivity index (χ1v) is 6.44. The van der Waals surface area contributed by atoms with Crippen LogP contribution in [-0.4, -0.2) is 15.0 Å². The van der Waals surface area contributed by atoms with Crippen LogP contribution < -0.4 is 5.73 Å². The number of H-pyrrole nitrogens is 1. The van der Waals surface area contributed by atoms with Crippen LogP contribution in [-0.2, 0) is 0 Å². The molecule has 0 aliphatic heterocycles. The van der Waals surface area contributed by atoms with Crippen molar-refractivity contribution in [1.29, 1.82) is 0 Å². The summed E-state index contributed by atoms with van der Waals surface area (Å²) in [6.45, 7) is 2.07. The molecule has 0 radical (unpaired) electrons. The highest BCUT2D eigenvalue weighted by molar-refractivity contribution is 8.93. The first kappa shape index (κ1) is 13.8. The lowest BCUT2D eigenvalue weighted by atomic mass is 10.1. The first-order valence-electron chi connectivity index (χ1n) is 5.56. The van der Waals surface area contributed by atoms with E-state index in [2.05, 4.69) is 46.1 Å². The van der Waals surface area contributed by atoms with Crippen molar-refractivity contribution in [3.8, 4) is 22.0 Å². The second-order valence-electron chi connectivity index (χ2n) is 4.07. The van der Waals surface area contributed by atoms with Crippen LogP contribution in [0.5, 0.6) is 0 Å². The van der Waals surface area contributed by atoms with Crippen LogP contribution in [0.2, 0.25) is 0 Å². The molecule has 2 aromatic heterocycles. The van der Waals surface area contributed by atoms with Crippen LogP contribution in [0.25, 0.3) is 22.0 Å².